The number of carbonyl (C=O) groups is 1. The molecule has 0 saturated heterocycles. The highest BCUT2D eigenvalue weighted by molar-refractivity contribution is 7.61. The third kappa shape index (κ3) is 15.5. The van der Waals surface area contributed by atoms with E-state index in [1.54, 1.807) is 87.1 Å². The monoisotopic (exact) mass is 926 g/mol. The molecule has 3 heterocycles. The third-order valence-electron chi connectivity index (χ3n) is 9.52. The summed E-state index contributed by atoms with van der Waals surface area (Å²) in [4.78, 5) is 27.2. The molecule has 18 nitrogen and oxygen atoms in total. The molecular weight excluding hydrogens is 868 g/mol. The number of hydrogen-bond acceptors (Lipinski definition) is 15. The van der Waals surface area contributed by atoms with Gasteiger partial charge in [-0.15, -0.1) is 0 Å². The second kappa shape index (κ2) is 25.0. The van der Waals surface area contributed by atoms with Crippen molar-refractivity contribution in [1.82, 2.24) is 24.7 Å². The van der Waals surface area contributed by atoms with Gasteiger partial charge in [0.25, 0.3) is 0 Å². The molecule has 19 heteroatoms. The highest BCUT2D eigenvalue weighted by Gasteiger charge is 2.18. The summed E-state index contributed by atoms with van der Waals surface area (Å²) in [5, 5.41) is 14.6. The van der Waals surface area contributed by atoms with Crippen LogP contribution in [-0.2, 0) is 34.4 Å². The molecule has 0 unspecified atom stereocenters. The first-order valence-electron chi connectivity index (χ1n) is 21.6. The maximum absolute atomic E-state index is 13.6. The van der Waals surface area contributed by atoms with Crippen LogP contribution in [0.1, 0.15) is 31.0 Å². The number of anilines is 4. The van der Waals surface area contributed by atoms with E-state index >= 15 is 0 Å². The molecule has 0 spiro atoms. The lowest BCUT2D eigenvalue weighted by Crippen LogP contribution is -2.21. The van der Waals surface area contributed by atoms with Crippen LogP contribution in [0.25, 0.3) is 16.6 Å². The quantitative estimate of drug-likeness (QED) is 0.0327. The maximum Gasteiger partial charge on any atom is 0.324 e. The minimum absolute atomic E-state index is 0.107. The van der Waals surface area contributed by atoms with Crippen LogP contribution in [0, 0.1) is 0 Å². The minimum Gasteiger partial charge on any atom is -0.497 e. The topological polar surface area (TPSA) is 201 Å². The van der Waals surface area contributed by atoms with Gasteiger partial charge in [-0.25, -0.2) is 14.5 Å². The van der Waals surface area contributed by atoms with Crippen molar-refractivity contribution in [1.29, 1.82) is 0 Å². The van der Waals surface area contributed by atoms with E-state index < -0.39 is 13.2 Å². The molecule has 6 rings (SSSR count). The first-order chi connectivity index (χ1) is 32.0. The van der Waals surface area contributed by atoms with Crippen LogP contribution in [0.3, 0.4) is 0 Å². The fourth-order valence-electron chi connectivity index (χ4n) is 6.47. The van der Waals surface area contributed by atoms with Gasteiger partial charge < -0.3 is 53.1 Å². The zero-order valence-corrected chi connectivity index (χ0v) is 39.2. The van der Waals surface area contributed by atoms with E-state index in [9.17, 15) is 9.36 Å². The molecule has 352 valence electrons. The number of ether oxygens (including phenoxy) is 8. The summed E-state index contributed by atoms with van der Waals surface area (Å²) in [6.07, 6.45) is 3.68. The van der Waals surface area contributed by atoms with Crippen LogP contribution in [0.2, 0.25) is 0 Å². The van der Waals surface area contributed by atoms with Crippen LogP contribution in [0.4, 0.5) is 27.9 Å². The molecule has 0 saturated carbocycles. The van der Waals surface area contributed by atoms with Crippen molar-refractivity contribution in [3.05, 3.63) is 103 Å². The van der Waals surface area contributed by atoms with Crippen LogP contribution in [0.5, 0.6) is 23.1 Å². The van der Waals surface area contributed by atoms with E-state index in [0.717, 1.165) is 16.9 Å². The van der Waals surface area contributed by atoms with Gasteiger partial charge in [-0.2, -0.15) is 10.1 Å². The van der Waals surface area contributed by atoms with Crippen LogP contribution >= 0.6 is 7.14 Å². The zero-order chi connectivity index (χ0) is 46.7. The Morgan fingerprint density at radius 3 is 2.15 bits per heavy atom. The molecule has 0 fully saturated rings. The third-order valence-corrected chi connectivity index (χ3v) is 10.6. The van der Waals surface area contributed by atoms with Gasteiger partial charge in [-0.05, 0) is 61.2 Å². The van der Waals surface area contributed by atoms with E-state index in [-0.39, 0.29) is 17.7 Å². The highest BCUT2D eigenvalue weighted by Crippen LogP contribution is 2.41. The van der Waals surface area contributed by atoms with Crippen molar-refractivity contribution in [3.8, 4) is 28.8 Å². The Morgan fingerprint density at radius 2 is 1.45 bits per heavy atom. The van der Waals surface area contributed by atoms with E-state index in [1.807, 2.05) is 50.2 Å². The Balaban J connectivity index is 1.03. The number of methoxy groups -OCH3 is 2. The van der Waals surface area contributed by atoms with Gasteiger partial charge in [0.2, 0.25) is 11.8 Å². The number of pyridine rings is 1. The summed E-state index contributed by atoms with van der Waals surface area (Å²) in [5.74, 6) is 2.72. The van der Waals surface area contributed by atoms with E-state index in [1.165, 1.54) is 0 Å². The second-order valence-corrected chi connectivity index (χ2v) is 19.1. The SMILES string of the molecule is COCCOCCOCCOCCOCCOc1cc(Nc2nccc(Oc3ccc(NC(=O)Nc4cc(C(C)C)nn4-c4cccc(CP(C)(C)=O)c4)c4ncccc34)n2)cc(OC)c1. The van der Waals surface area contributed by atoms with Gasteiger partial charge in [0, 0.05) is 67.1 Å². The van der Waals surface area contributed by atoms with Crippen LogP contribution < -0.4 is 30.2 Å². The smallest absolute Gasteiger partial charge is 0.324 e. The Morgan fingerprint density at radius 1 is 0.742 bits per heavy atom. The molecule has 0 atom stereocenters. The van der Waals surface area contributed by atoms with Crippen LogP contribution in [-0.4, -0.2) is 124 Å². The normalized spacial score (nSPS) is 11.5. The fraction of sp³-hybridized carbons (Fsp3) is 0.383. The number of nitrogens with one attached hydrogen (secondary N) is 3. The summed E-state index contributed by atoms with van der Waals surface area (Å²) in [6, 6.07) is 23.2. The van der Waals surface area contributed by atoms with Gasteiger partial charge in [0.05, 0.1) is 96.3 Å². The molecule has 2 amide bonds. The Kier molecular flexibility index (Phi) is 18.6. The molecule has 0 aliphatic heterocycles. The maximum atomic E-state index is 13.6. The summed E-state index contributed by atoms with van der Waals surface area (Å²) >= 11 is 0. The Hall–Kier alpha value is -6.14. The standard InChI is InChI=1S/C47H59N8O10P/c1-33(2)41-31-43(55(54-41)36-10-7-9-34(27-36)32-66(5,6)57)52-47(56)51-40-12-13-42(39-11-8-15-48-45(39)40)65-44-14-16-49-46(53-44)50-35-28-37(59-4)30-38(29-35)64-26-25-63-24-23-62-22-21-61-20-19-60-18-17-58-3/h7-16,27-31,33H,17-26,32H2,1-6H3,(H,49,50,53)(H2,51,52,56). The molecular formula is C47H59N8O10P. The molecule has 0 aliphatic rings. The van der Waals surface area contributed by atoms with Gasteiger partial charge in [-0.3, -0.25) is 10.3 Å². The van der Waals surface area contributed by atoms with Crippen molar-refractivity contribution in [2.75, 3.05) is 110 Å². The molecule has 3 aromatic heterocycles. The number of urea groups is 1. The second-order valence-electron chi connectivity index (χ2n) is 15.6. The number of amides is 2. The van der Waals surface area contributed by atoms with Gasteiger partial charge in [-0.1, -0.05) is 26.0 Å². The Bertz CT molecular complexity index is 2530. The highest BCUT2D eigenvalue weighted by atomic mass is 31.2. The summed E-state index contributed by atoms with van der Waals surface area (Å²) in [6.45, 7) is 12.2. The number of nitrogens with zero attached hydrogens (tertiary/aromatic N) is 5. The first kappa shape index (κ1) is 49.3. The largest absolute Gasteiger partial charge is 0.497 e. The van der Waals surface area contributed by atoms with Crippen molar-refractivity contribution < 1.29 is 47.3 Å². The van der Waals surface area contributed by atoms with Crippen molar-refractivity contribution in [2.45, 2.75) is 25.9 Å². The van der Waals surface area contributed by atoms with E-state index in [2.05, 4.69) is 30.9 Å². The summed E-state index contributed by atoms with van der Waals surface area (Å²) in [7, 11) is 0.901. The molecule has 3 N–H and O–H groups in total. The number of benzene rings is 3. The molecule has 0 aliphatic carbocycles. The average molecular weight is 927 g/mol. The number of carbonyl (C=O) groups excluding carboxylic acids is 1. The Labute approximate surface area is 385 Å². The van der Waals surface area contributed by atoms with Crippen LogP contribution in [0.15, 0.2) is 91.3 Å². The van der Waals surface area contributed by atoms with Crippen molar-refractivity contribution in [3.63, 3.8) is 0 Å². The lowest BCUT2D eigenvalue weighted by Gasteiger charge is -2.14. The van der Waals surface area contributed by atoms with Gasteiger partial charge in [0.1, 0.15) is 29.7 Å². The molecule has 66 heavy (non-hydrogen) atoms. The predicted octanol–water partition coefficient (Wildman–Crippen LogP) is 8.74. The number of aromatic nitrogens is 5. The van der Waals surface area contributed by atoms with Gasteiger partial charge in [0.15, 0.2) is 0 Å². The van der Waals surface area contributed by atoms with E-state index in [0.29, 0.717) is 118 Å². The number of hydrogen-bond donors (Lipinski definition) is 3. The molecule has 3 aromatic carbocycles. The van der Waals surface area contributed by atoms with Gasteiger partial charge >= 0.3 is 6.03 Å². The van der Waals surface area contributed by atoms with E-state index in [4.69, 9.17) is 43.0 Å². The lowest BCUT2D eigenvalue weighted by atomic mass is 10.1. The molecule has 0 bridgehead atoms. The average Bonchev–Trinajstić information content (AvgIpc) is 3.72. The predicted molar refractivity (Wildman–Crippen MR) is 254 cm³/mol. The molecule has 6 aromatic rings. The van der Waals surface area contributed by atoms with Crippen molar-refractivity contribution in [2.24, 2.45) is 0 Å². The number of rotatable bonds is 27. The number of fused-ring (bicyclic) bond motifs is 1. The summed E-state index contributed by atoms with van der Waals surface area (Å²) in [5.41, 5.74) is 4.07. The van der Waals surface area contributed by atoms with Crippen molar-refractivity contribution >= 4 is 47.2 Å². The lowest BCUT2D eigenvalue weighted by molar-refractivity contribution is -0.00978. The zero-order valence-electron chi connectivity index (χ0n) is 38.3. The first-order valence-corrected chi connectivity index (χ1v) is 24.4. The molecule has 0 radical (unpaired) electrons. The summed E-state index contributed by atoms with van der Waals surface area (Å²) < 4.78 is 59.0. The fourth-order valence-corrected chi connectivity index (χ4v) is 7.54. The minimum atomic E-state index is -2.31.